The molecule has 10 heteroatoms. The Morgan fingerprint density at radius 3 is 2.73 bits per heavy atom. The molecule has 8 nitrogen and oxygen atoms in total. The van der Waals surface area contributed by atoms with Gasteiger partial charge in [-0.1, -0.05) is 29.5 Å². The first-order valence-corrected chi connectivity index (χ1v) is 15.2. The highest BCUT2D eigenvalue weighted by Gasteiger charge is 2.29. The van der Waals surface area contributed by atoms with Gasteiger partial charge in [0.05, 0.1) is 17.4 Å². The van der Waals surface area contributed by atoms with Gasteiger partial charge in [0.15, 0.2) is 0 Å². The zero-order valence-corrected chi connectivity index (χ0v) is 22.7. The van der Waals surface area contributed by atoms with E-state index in [4.69, 9.17) is 4.74 Å². The molecule has 0 radical (unpaired) electrons. The molecule has 1 aliphatic carbocycles. The van der Waals surface area contributed by atoms with E-state index in [2.05, 4.69) is 25.9 Å². The fourth-order valence-corrected chi connectivity index (χ4v) is 7.25. The van der Waals surface area contributed by atoms with Crippen LogP contribution >= 0.6 is 11.3 Å². The van der Waals surface area contributed by atoms with Gasteiger partial charge in [-0.15, -0.1) is 10.2 Å². The number of hydrogen-bond acceptors (Lipinski definition) is 8. The first-order chi connectivity index (χ1) is 17.8. The normalized spacial score (nSPS) is 17.7. The van der Waals surface area contributed by atoms with Crippen LogP contribution in [-0.2, 0) is 16.4 Å². The number of ether oxygens (including phenoxy) is 1. The van der Waals surface area contributed by atoms with Crippen molar-refractivity contribution in [2.45, 2.75) is 51.7 Å². The van der Waals surface area contributed by atoms with Gasteiger partial charge in [0.1, 0.15) is 21.8 Å². The second-order valence-electron chi connectivity index (χ2n) is 9.85. The van der Waals surface area contributed by atoms with E-state index in [9.17, 15) is 13.7 Å². The van der Waals surface area contributed by atoms with Crippen molar-refractivity contribution in [1.82, 2.24) is 19.8 Å². The average Bonchev–Trinajstić information content (AvgIpc) is 3.64. The lowest BCUT2D eigenvalue weighted by Gasteiger charge is -2.18. The molecule has 1 aromatic heterocycles. The van der Waals surface area contributed by atoms with Gasteiger partial charge in [0.25, 0.3) is 0 Å². The fraction of sp³-hybridized carbons (Fsp3) is 0.444. The molecule has 1 saturated heterocycles. The molecule has 0 unspecified atom stereocenters. The zero-order valence-electron chi connectivity index (χ0n) is 21.1. The van der Waals surface area contributed by atoms with Crippen molar-refractivity contribution in [3.63, 3.8) is 0 Å². The summed E-state index contributed by atoms with van der Waals surface area (Å²) in [5.74, 6) is 0.685. The van der Waals surface area contributed by atoms with Crippen molar-refractivity contribution >= 4 is 21.4 Å². The van der Waals surface area contributed by atoms with Crippen LogP contribution in [0.15, 0.2) is 36.4 Å². The van der Waals surface area contributed by atoms with E-state index in [0.29, 0.717) is 17.9 Å². The molecular formula is C27H31N5O3S2. The predicted octanol–water partition coefficient (Wildman–Crippen LogP) is 4.53. The lowest BCUT2D eigenvalue weighted by Crippen LogP contribution is -2.35. The standard InChI is InChI=1S/C27H31N5O3S2/c1-18(2)35-25-11-8-19(16-20(25)17-28)26-29-30-27(36-26)23-7-5-6-22-21(23)9-10-24(22)31-37(33,34)15-14-32-12-3-4-13-32/h5-8,11,16,18,24,31H,3-4,9-10,12-15H2,1-2H3/t24-/m0/s1. The third kappa shape index (κ3) is 5.85. The highest BCUT2D eigenvalue weighted by Crippen LogP contribution is 2.40. The van der Waals surface area contributed by atoms with Gasteiger partial charge in [-0.05, 0) is 81.9 Å². The van der Waals surface area contributed by atoms with Gasteiger partial charge in [-0.25, -0.2) is 13.1 Å². The molecular weight excluding hydrogens is 506 g/mol. The van der Waals surface area contributed by atoms with Crippen molar-refractivity contribution in [3.05, 3.63) is 53.1 Å². The Bertz CT molecular complexity index is 1420. The smallest absolute Gasteiger partial charge is 0.213 e. The molecule has 2 aliphatic rings. The zero-order chi connectivity index (χ0) is 26.0. The molecule has 0 amide bonds. The molecule has 1 fully saturated rings. The van der Waals surface area contributed by atoms with Crippen molar-refractivity contribution in [2.75, 3.05) is 25.4 Å². The van der Waals surface area contributed by atoms with E-state index < -0.39 is 10.0 Å². The van der Waals surface area contributed by atoms with E-state index in [0.717, 1.165) is 71.0 Å². The van der Waals surface area contributed by atoms with E-state index in [1.807, 2.05) is 38.1 Å². The van der Waals surface area contributed by atoms with Crippen LogP contribution in [0.25, 0.3) is 21.1 Å². The molecule has 2 aromatic carbocycles. The lowest BCUT2D eigenvalue weighted by atomic mass is 10.0. The minimum Gasteiger partial charge on any atom is -0.490 e. The second kappa shape index (κ2) is 10.9. The van der Waals surface area contributed by atoms with Crippen molar-refractivity contribution in [2.24, 2.45) is 0 Å². The molecule has 194 valence electrons. The molecule has 1 aliphatic heterocycles. The minimum absolute atomic E-state index is 0.0235. The summed E-state index contributed by atoms with van der Waals surface area (Å²) in [5, 5.41) is 19.9. The topological polar surface area (TPSA) is 108 Å². The number of nitrogens with one attached hydrogen (secondary N) is 1. The van der Waals surface area contributed by atoms with Gasteiger partial charge in [0, 0.05) is 23.7 Å². The van der Waals surface area contributed by atoms with Crippen molar-refractivity contribution < 1.29 is 13.2 Å². The number of fused-ring (bicyclic) bond motifs is 1. The molecule has 3 aromatic rings. The Morgan fingerprint density at radius 1 is 1.19 bits per heavy atom. The summed E-state index contributed by atoms with van der Waals surface area (Å²) in [7, 11) is -3.38. The first kappa shape index (κ1) is 25.8. The van der Waals surface area contributed by atoms with Crippen LogP contribution in [0.4, 0.5) is 0 Å². The van der Waals surface area contributed by atoms with Gasteiger partial charge in [-0.2, -0.15) is 5.26 Å². The summed E-state index contributed by atoms with van der Waals surface area (Å²) >= 11 is 1.46. The van der Waals surface area contributed by atoms with E-state index in [1.165, 1.54) is 11.3 Å². The number of likely N-dealkylation sites (tertiary alicyclic amines) is 1. The number of hydrogen-bond donors (Lipinski definition) is 1. The molecule has 37 heavy (non-hydrogen) atoms. The maximum Gasteiger partial charge on any atom is 0.213 e. The minimum atomic E-state index is -3.38. The summed E-state index contributed by atoms with van der Waals surface area (Å²) in [6.07, 6.45) is 3.78. The number of nitrogens with zero attached hydrogens (tertiary/aromatic N) is 4. The summed E-state index contributed by atoms with van der Waals surface area (Å²) in [4.78, 5) is 2.22. The van der Waals surface area contributed by atoms with Crippen LogP contribution in [0.2, 0.25) is 0 Å². The van der Waals surface area contributed by atoms with Crippen LogP contribution in [0.1, 0.15) is 55.8 Å². The number of sulfonamides is 1. The third-order valence-electron chi connectivity index (χ3n) is 6.83. The fourth-order valence-electron chi connectivity index (χ4n) is 5.06. The van der Waals surface area contributed by atoms with Crippen LogP contribution in [0.3, 0.4) is 0 Å². The maximum atomic E-state index is 12.8. The molecule has 0 spiro atoms. The Morgan fingerprint density at radius 2 is 1.97 bits per heavy atom. The van der Waals surface area contributed by atoms with Gasteiger partial charge >= 0.3 is 0 Å². The number of rotatable bonds is 9. The largest absolute Gasteiger partial charge is 0.490 e. The van der Waals surface area contributed by atoms with Crippen LogP contribution in [0, 0.1) is 11.3 Å². The molecule has 1 N–H and O–H groups in total. The summed E-state index contributed by atoms with van der Waals surface area (Å²) in [5.41, 5.74) is 4.40. The van der Waals surface area contributed by atoms with Gasteiger partial charge in [0.2, 0.25) is 10.0 Å². The molecule has 5 rings (SSSR count). The highest BCUT2D eigenvalue weighted by molar-refractivity contribution is 7.89. The van der Waals surface area contributed by atoms with E-state index in [1.54, 1.807) is 12.1 Å². The van der Waals surface area contributed by atoms with Crippen LogP contribution < -0.4 is 9.46 Å². The van der Waals surface area contributed by atoms with Crippen LogP contribution in [-0.4, -0.2) is 55.0 Å². The maximum absolute atomic E-state index is 12.8. The highest BCUT2D eigenvalue weighted by atomic mass is 32.2. The summed E-state index contributed by atoms with van der Waals surface area (Å²) in [6.45, 7) is 6.41. The van der Waals surface area contributed by atoms with Gasteiger partial charge < -0.3 is 9.64 Å². The lowest BCUT2D eigenvalue weighted by molar-refractivity contribution is 0.242. The molecule has 1 atom stereocenters. The number of aromatic nitrogens is 2. The Labute approximate surface area is 222 Å². The predicted molar refractivity (Wildman–Crippen MR) is 145 cm³/mol. The Hall–Kier alpha value is -2.84. The molecule has 0 bridgehead atoms. The van der Waals surface area contributed by atoms with Crippen LogP contribution in [0.5, 0.6) is 5.75 Å². The van der Waals surface area contributed by atoms with Crippen molar-refractivity contribution in [3.8, 4) is 33.0 Å². The van der Waals surface area contributed by atoms with E-state index in [-0.39, 0.29) is 17.9 Å². The Balaban J connectivity index is 1.34. The SMILES string of the molecule is CC(C)Oc1ccc(-c2nnc(-c3cccc4c3CC[C@@H]4NS(=O)(=O)CCN3CCCC3)s2)cc1C#N. The average molecular weight is 538 g/mol. The quantitative estimate of drug-likeness (QED) is 0.427. The molecule has 2 heterocycles. The first-order valence-electron chi connectivity index (χ1n) is 12.7. The van der Waals surface area contributed by atoms with Crippen molar-refractivity contribution in [1.29, 1.82) is 5.26 Å². The molecule has 0 saturated carbocycles. The Kier molecular flexibility index (Phi) is 7.58. The number of nitriles is 1. The monoisotopic (exact) mass is 537 g/mol. The summed E-state index contributed by atoms with van der Waals surface area (Å²) in [6, 6.07) is 13.4. The third-order valence-corrected chi connectivity index (χ3v) is 9.20. The van der Waals surface area contributed by atoms with Gasteiger partial charge in [-0.3, -0.25) is 0 Å². The second-order valence-corrected chi connectivity index (χ2v) is 12.7. The van der Waals surface area contributed by atoms with E-state index >= 15 is 0 Å². The number of benzene rings is 2. The summed E-state index contributed by atoms with van der Waals surface area (Å²) < 4.78 is 34.3.